The molecule has 0 radical (unpaired) electrons. The van der Waals surface area contributed by atoms with Crippen molar-refractivity contribution in [3.63, 3.8) is 0 Å². The number of nitrogens with one attached hydrogen (secondary N) is 3. The van der Waals surface area contributed by atoms with Crippen LogP contribution >= 0.6 is 12.2 Å². The van der Waals surface area contributed by atoms with Crippen LogP contribution < -0.4 is 11.0 Å². The fraction of sp³-hybridized carbons (Fsp3) is 0. The molecule has 12 nitrogen and oxygen atoms in total. The molecule has 128 valence electrons. The highest BCUT2D eigenvalue weighted by molar-refractivity contribution is 7.71. The molecule has 1 aromatic carbocycles. The third-order valence-electron chi connectivity index (χ3n) is 2.85. The molecule has 13 heteroatoms. The van der Waals surface area contributed by atoms with Gasteiger partial charge in [0.2, 0.25) is 0 Å². The molecule has 0 saturated carbocycles. The second-order valence-electron chi connectivity index (χ2n) is 4.44. The molecule has 1 aromatic heterocycles. The summed E-state index contributed by atoms with van der Waals surface area (Å²) in [6, 6.07) is 2.56. The monoisotopic (exact) mass is 364 g/mol. The van der Waals surface area contributed by atoms with E-state index < -0.39 is 38.3 Å². The topological polar surface area (TPSA) is 176 Å². The van der Waals surface area contributed by atoms with Crippen LogP contribution in [0.1, 0.15) is 15.9 Å². The predicted molar refractivity (Wildman–Crippen MR) is 87.1 cm³/mol. The average molecular weight is 364 g/mol. The molecule has 0 aliphatic carbocycles. The normalized spacial score (nSPS) is 10.6. The third kappa shape index (κ3) is 4.17. The lowest BCUT2D eigenvalue weighted by atomic mass is 10.1. The Bertz CT molecular complexity index is 1010. The molecule has 0 bridgehead atoms. The Morgan fingerprint density at radius 2 is 2.00 bits per heavy atom. The molecule has 0 saturated heterocycles. The highest BCUT2D eigenvalue weighted by Crippen LogP contribution is 2.24. The first-order valence-electron chi connectivity index (χ1n) is 6.38. The molecule has 1 heterocycles. The first-order chi connectivity index (χ1) is 11.8. The van der Waals surface area contributed by atoms with Crippen LogP contribution in [0.4, 0.5) is 11.4 Å². The van der Waals surface area contributed by atoms with Crippen LogP contribution in [-0.4, -0.2) is 31.9 Å². The molecule has 0 aliphatic heterocycles. The quantitative estimate of drug-likeness (QED) is 0.307. The van der Waals surface area contributed by atoms with E-state index in [1.165, 1.54) is 6.20 Å². The van der Waals surface area contributed by atoms with Gasteiger partial charge in [-0.1, -0.05) is 0 Å². The maximum atomic E-state index is 12.0. The van der Waals surface area contributed by atoms with Gasteiger partial charge in [-0.25, -0.2) is 5.43 Å². The van der Waals surface area contributed by atoms with Gasteiger partial charge in [-0.2, -0.15) is 5.10 Å². The smallest absolute Gasteiger partial charge is 0.289 e. The fourth-order valence-electron chi connectivity index (χ4n) is 1.71. The van der Waals surface area contributed by atoms with Crippen LogP contribution in [0, 0.1) is 25.0 Å². The molecule has 25 heavy (non-hydrogen) atoms. The Labute approximate surface area is 142 Å². The lowest BCUT2D eigenvalue weighted by molar-refractivity contribution is -0.394. The molecule has 0 unspecified atom stereocenters. The Kier molecular flexibility index (Phi) is 5.09. The number of rotatable bonds is 5. The minimum Gasteiger partial charge on any atom is -0.338 e. The summed E-state index contributed by atoms with van der Waals surface area (Å²) in [4.78, 5) is 48.2. The number of nitro groups is 2. The molecule has 0 aliphatic rings. The van der Waals surface area contributed by atoms with Gasteiger partial charge < -0.3 is 4.98 Å². The van der Waals surface area contributed by atoms with E-state index in [2.05, 4.69) is 15.1 Å². The highest BCUT2D eigenvalue weighted by Gasteiger charge is 2.23. The van der Waals surface area contributed by atoms with Gasteiger partial charge in [0.15, 0.2) is 4.77 Å². The van der Waals surface area contributed by atoms with Crippen LogP contribution in [-0.2, 0) is 0 Å². The van der Waals surface area contributed by atoms with Crippen LogP contribution in [0.3, 0.4) is 0 Å². The van der Waals surface area contributed by atoms with Gasteiger partial charge in [0.25, 0.3) is 22.8 Å². The van der Waals surface area contributed by atoms with Crippen LogP contribution in [0.25, 0.3) is 0 Å². The van der Waals surface area contributed by atoms with Crippen LogP contribution in [0.2, 0.25) is 0 Å². The van der Waals surface area contributed by atoms with Crippen molar-refractivity contribution in [3.8, 4) is 0 Å². The van der Waals surface area contributed by atoms with E-state index in [1.54, 1.807) is 0 Å². The zero-order chi connectivity index (χ0) is 18.6. The van der Waals surface area contributed by atoms with E-state index in [0.29, 0.717) is 6.07 Å². The number of hydrogen-bond donors (Lipinski definition) is 3. The lowest BCUT2D eigenvalue weighted by Crippen LogP contribution is -2.20. The number of H-pyrrole nitrogens is 2. The molecule has 3 N–H and O–H groups in total. The van der Waals surface area contributed by atoms with Crippen molar-refractivity contribution < 1.29 is 14.6 Å². The number of nitro benzene ring substituents is 2. The van der Waals surface area contributed by atoms with Crippen molar-refractivity contribution in [1.82, 2.24) is 15.4 Å². The molecular formula is C12H8N6O6S. The Morgan fingerprint density at radius 1 is 1.28 bits per heavy atom. The molecule has 0 fully saturated rings. The summed E-state index contributed by atoms with van der Waals surface area (Å²) < 4.78 is 0.104. The van der Waals surface area contributed by atoms with E-state index in [4.69, 9.17) is 12.2 Å². The fourth-order valence-corrected chi connectivity index (χ4v) is 1.87. The van der Waals surface area contributed by atoms with E-state index in [0.717, 1.165) is 18.3 Å². The van der Waals surface area contributed by atoms with Gasteiger partial charge >= 0.3 is 0 Å². The summed E-state index contributed by atoms with van der Waals surface area (Å²) in [5, 5.41) is 25.1. The molecule has 0 atom stereocenters. The number of benzene rings is 1. The van der Waals surface area contributed by atoms with Crippen LogP contribution in [0.15, 0.2) is 34.3 Å². The Morgan fingerprint density at radius 3 is 2.60 bits per heavy atom. The van der Waals surface area contributed by atoms with Gasteiger partial charge in [-0.3, -0.25) is 34.8 Å². The van der Waals surface area contributed by atoms with Crippen molar-refractivity contribution in [1.29, 1.82) is 0 Å². The summed E-state index contributed by atoms with van der Waals surface area (Å²) in [7, 11) is 0. The molecule has 2 rings (SSSR count). The lowest BCUT2D eigenvalue weighted by Gasteiger charge is -2.01. The van der Waals surface area contributed by atoms with E-state index in [9.17, 15) is 29.8 Å². The second kappa shape index (κ2) is 7.22. The molecular weight excluding hydrogens is 356 g/mol. The predicted octanol–water partition coefficient (Wildman–Crippen LogP) is 1.01. The molecule has 1 amide bonds. The van der Waals surface area contributed by atoms with Crippen molar-refractivity contribution >= 4 is 35.7 Å². The number of nitrogens with zero attached hydrogens (tertiary/aromatic N) is 3. The molecule has 2 aromatic rings. The van der Waals surface area contributed by atoms with Crippen molar-refractivity contribution in [2.24, 2.45) is 5.10 Å². The number of hydrogen-bond acceptors (Lipinski definition) is 8. The largest absolute Gasteiger partial charge is 0.338 e. The summed E-state index contributed by atoms with van der Waals surface area (Å²) in [5.74, 6) is -0.974. The Hall–Kier alpha value is -3.74. The first-order valence-corrected chi connectivity index (χ1v) is 6.78. The summed E-state index contributed by atoms with van der Waals surface area (Å²) in [6.07, 6.45) is 2.25. The maximum absolute atomic E-state index is 12.0. The van der Waals surface area contributed by atoms with Gasteiger partial charge in [0.05, 0.1) is 27.7 Å². The van der Waals surface area contributed by atoms with Gasteiger partial charge in [-0.15, -0.1) is 0 Å². The van der Waals surface area contributed by atoms with Gasteiger partial charge in [0.1, 0.15) is 5.56 Å². The van der Waals surface area contributed by atoms with E-state index in [1.807, 2.05) is 5.43 Å². The second-order valence-corrected chi connectivity index (χ2v) is 4.85. The summed E-state index contributed by atoms with van der Waals surface area (Å²) >= 11 is 4.71. The summed E-state index contributed by atoms with van der Waals surface area (Å²) in [5.41, 5.74) is -0.206. The average Bonchev–Trinajstić information content (AvgIpc) is 2.56. The molecule has 0 spiro atoms. The zero-order valence-corrected chi connectivity index (χ0v) is 12.9. The number of aromatic nitrogens is 2. The number of hydrazone groups is 1. The number of amides is 1. The van der Waals surface area contributed by atoms with E-state index in [-0.39, 0.29) is 10.3 Å². The highest BCUT2D eigenvalue weighted by atomic mass is 32.1. The number of aromatic amines is 2. The minimum atomic E-state index is -0.974. The van der Waals surface area contributed by atoms with Crippen LogP contribution in [0.5, 0.6) is 0 Å². The SMILES string of the molecule is O=C(NN=Cc1c[nH]c(=S)[nH]c1=O)c1ccc([N+](=O)[O-])cc1[N+](=O)[O-]. The maximum Gasteiger partial charge on any atom is 0.289 e. The van der Waals surface area contributed by atoms with Crippen molar-refractivity contribution in [3.05, 3.63) is 70.9 Å². The number of carbonyl (C=O) groups is 1. The standard InChI is InChI=1S/C12H8N6O6S/c19-10-6(4-13-12(25)15-10)5-14-16-11(20)8-2-1-7(17(21)22)3-9(8)18(23)24/h1-5H,(H,16,20)(H2,13,15,19,25). The van der Waals surface area contributed by atoms with Gasteiger partial charge in [-0.05, 0) is 18.3 Å². The zero-order valence-electron chi connectivity index (χ0n) is 12.1. The van der Waals surface area contributed by atoms with E-state index >= 15 is 0 Å². The summed E-state index contributed by atoms with van der Waals surface area (Å²) in [6.45, 7) is 0. The Balaban J connectivity index is 2.24. The number of non-ortho nitro benzene ring substituents is 1. The van der Waals surface area contributed by atoms with Crippen molar-refractivity contribution in [2.45, 2.75) is 0 Å². The van der Waals surface area contributed by atoms with Crippen molar-refractivity contribution in [2.75, 3.05) is 0 Å². The minimum absolute atomic E-state index is 0.0482. The number of carbonyl (C=O) groups excluding carboxylic acids is 1. The van der Waals surface area contributed by atoms with Gasteiger partial charge in [0, 0.05) is 12.3 Å². The first kappa shape index (κ1) is 17.6. The third-order valence-corrected chi connectivity index (χ3v) is 3.07.